The molecule has 24 heavy (non-hydrogen) atoms. The summed E-state index contributed by atoms with van der Waals surface area (Å²) >= 11 is 0. The van der Waals surface area contributed by atoms with Crippen molar-refractivity contribution < 1.29 is 14.2 Å². The number of piperidine rings is 1. The number of hydrogen-bond donors (Lipinski definition) is 1. The van der Waals surface area contributed by atoms with E-state index < -0.39 is 0 Å². The normalized spacial score (nSPS) is 22.4. The second-order valence-corrected chi connectivity index (χ2v) is 6.60. The van der Waals surface area contributed by atoms with Gasteiger partial charge in [0.25, 0.3) is 0 Å². The molecule has 2 atom stereocenters. The van der Waals surface area contributed by atoms with Gasteiger partial charge in [-0.2, -0.15) is 0 Å². The molecule has 0 amide bonds. The van der Waals surface area contributed by atoms with E-state index in [2.05, 4.69) is 36.5 Å². The van der Waals surface area contributed by atoms with Crippen molar-refractivity contribution in [3.05, 3.63) is 53.6 Å². The predicted molar refractivity (Wildman–Crippen MR) is 93.0 cm³/mol. The van der Waals surface area contributed by atoms with Gasteiger partial charge in [-0.15, -0.1) is 0 Å². The van der Waals surface area contributed by atoms with E-state index in [0.29, 0.717) is 25.2 Å². The SMILES string of the molecule is Cc1cccc([C@H]2CCNC[C@@H]2COc2ccc3c(c2)OCO3)c1. The molecule has 0 aliphatic carbocycles. The lowest BCUT2D eigenvalue weighted by Gasteiger charge is -2.32. The predicted octanol–water partition coefficient (Wildman–Crippen LogP) is 3.50. The first kappa shape index (κ1) is 15.3. The zero-order valence-corrected chi connectivity index (χ0v) is 14.0. The molecule has 0 spiro atoms. The Hall–Kier alpha value is -2.20. The fraction of sp³-hybridized carbons (Fsp3) is 0.400. The van der Waals surface area contributed by atoms with Crippen LogP contribution in [-0.4, -0.2) is 26.5 Å². The number of benzene rings is 2. The fourth-order valence-corrected chi connectivity index (χ4v) is 3.61. The van der Waals surface area contributed by atoms with E-state index in [1.807, 2.05) is 18.2 Å². The van der Waals surface area contributed by atoms with Gasteiger partial charge in [-0.1, -0.05) is 29.8 Å². The number of rotatable bonds is 4. The summed E-state index contributed by atoms with van der Waals surface area (Å²) < 4.78 is 16.8. The van der Waals surface area contributed by atoms with Gasteiger partial charge in [-0.05, 0) is 43.5 Å². The Kier molecular flexibility index (Phi) is 4.30. The van der Waals surface area contributed by atoms with Crippen LogP contribution in [0.3, 0.4) is 0 Å². The number of fused-ring (bicyclic) bond motifs is 1. The molecular formula is C20H23NO3. The molecule has 1 saturated heterocycles. The van der Waals surface area contributed by atoms with Crippen molar-refractivity contribution in [2.75, 3.05) is 26.5 Å². The second-order valence-electron chi connectivity index (χ2n) is 6.60. The Labute approximate surface area is 142 Å². The van der Waals surface area contributed by atoms with Gasteiger partial charge >= 0.3 is 0 Å². The highest BCUT2D eigenvalue weighted by Gasteiger charge is 2.27. The smallest absolute Gasteiger partial charge is 0.231 e. The summed E-state index contributed by atoms with van der Waals surface area (Å²) in [6.45, 7) is 5.21. The van der Waals surface area contributed by atoms with E-state index in [9.17, 15) is 0 Å². The van der Waals surface area contributed by atoms with E-state index in [4.69, 9.17) is 14.2 Å². The van der Waals surface area contributed by atoms with Gasteiger partial charge in [-0.25, -0.2) is 0 Å². The van der Waals surface area contributed by atoms with Crippen molar-refractivity contribution in [2.45, 2.75) is 19.3 Å². The number of ether oxygens (including phenoxy) is 3. The topological polar surface area (TPSA) is 39.7 Å². The Morgan fingerprint density at radius 3 is 2.96 bits per heavy atom. The molecule has 126 valence electrons. The Morgan fingerprint density at radius 2 is 2.04 bits per heavy atom. The van der Waals surface area contributed by atoms with Crippen LogP contribution in [0.1, 0.15) is 23.5 Å². The minimum Gasteiger partial charge on any atom is -0.493 e. The molecule has 2 aromatic carbocycles. The van der Waals surface area contributed by atoms with Gasteiger partial charge in [0, 0.05) is 18.5 Å². The van der Waals surface area contributed by atoms with Gasteiger partial charge < -0.3 is 19.5 Å². The highest BCUT2D eigenvalue weighted by molar-refractivity contribution is 5.46. The summed E-state index contributed by atoms with van der Waals surface area (Å²) in [4.78, 5) is 0. The molecule has 4 heteroatoms. The second kappa shape index (κ2) is 6.73. The molecule has 1 fully saturated rings. The first-order chi connectivity index (χ1) is 11.8. The molecule has 0 unspecified atom stereocenters. The van der Waals surface area contributed by atoms with Crippen molar-refractivity contribution in [3.8, 4) is 17.2 Å². The van der Waals surface area contributed by atoms with Crippen molar-refractivity contribution in [1.82, 2.24) is 5.32 Å². The maximum atomic E-state index is 6.08. The van der Waals surface area contributed by atoms with Gasteiger partial charge in [0.2, 0.25) is 6.79 Å². The van der Waals surface area contributed by atoms with Crippen LogP contribution in [0.25, 0.3) is 0 Å². The number of hydrogen-bond acceptors (Lipinski definition) is 4. The zero-order valence-electron chi connectivity index (χ0n) is 14.0. The minimum absolute atomic E-state index is 0.292. The first-order valence-corrected chi connectivity index (χ1v) is 8.59. The molecular weight excluding hydrogens is 302 g/mol. The van der Waals surface area contributed by atoms with Crippen LogP contribution < -0.4 is 19.5 Å². The molecule has 2 aliphatic heterocycles. The Morgan fingerprint density at radius 1 is 1.12 bits per heavy atom. The van der Waals surface area contributed by atoms with Crippen LogP contribution in [0, 0.1) is 12.8 Å². The molecule has 4 rings (SSSR count). The average molecular weight is 325 g/mol. The molecule has 2 heterocycles. The Balaban J connectivity index is 1.45. The lowest BCUT2D eigenvalue weighted by Crippen LogP contribution is -2.38. The monoisotopic (exact) mass is 325 g/mol. The summed E-state index contributed by atoms with van der Waals surface area (Å²) in [5.41, 5.74) is 2.75. The molecule has 4 nitrogen and oxygen atoms in total. The third kappa shape index (κ3) is 3.20. The molecule has 2 aliphatic rings. The third-order valence-electron chi connectivity index (χ3n) is 4.89. The van der Waals surface area contributed by atoms with E-state index in [-0.39, 0.29) is 0 Å². The lowest BCUT2D eigenvalue weighted by molar-refractivity contribution is 0.173. The number of aryl methyl sites for hydroxylation is 1. The van der Waals surface area contributed by atoms with Crippen LogP contribution in [-0.2, 0) is 0 Å². The highest BCUT2D eigenvalue weighted by atomic mass is 16.7. The van der Waals surface area contributed by atoms with Crippen molar-refractivity contribution in [3.63, 3.8) is 0 Å². The Bertz CT molecular complexity index is 716. The maximum Gasteiger partial charge on any atom is 0.231 e. The van der Waals surface area contributed by atoms with Crippen LogP contribution in [0.5, 0.6) is 17.2 Å². The summed E-state index contributed by atoms with van der Waals surface area (Å²) in [6, 6.07) is 14.6. The zero-order chi connectivity index (χ0) is 16.4. The molecule has 0 radical (unpaired) electrons. The van der Waals surface area contributed by atoms with Gasteiger partial charge in [-0.3, -0.25) is 0 Å². The number of nitrogens with one attached hydrogen (secondary N) is 1. The molecule has 2 aromatic rings. The van der Waals surface area contributed by atoms with E-state index in [1.165, 1.54) is 11.1 Å². The van der Waals surface area contributed by atoms with E-state index in [0.717, 1.165) is 36.8 Å². The van der Waals surface area contributed by atoms with Crippen LogP contribution in [0.4, 0.5) is 0 Å². The molecule has 1 N–H and O–H groups in total. The van der Waals surface area contributed by atoms with Crippen LogP contribution in [0.2, 0.25) is 0 Å². The average Bonchev–Trinajstić information content (AvgIpc) is 3.08. The largest absolute Gasteiger partial charge is 0.493 e. The van der Waals surface area contributed by atoms with Crippen LogP contribution >= 0.6 is 0 Å². The summed E-state index contributed by atoms with van der Waals surface area (Å²) in [5, 5.41) is 3.50. The van der Waals surface area contributed by atoms with Gasteiger partial charge in [0.05, 0.1) is 6.61 Å². The quantitative estimate of drug-likeness (QED) is 0.934. The van der Waals surface area contributed by atoms with Gasteiger partial charge in [0.1, 0.15) is 5.75 Å². The molecule has 0 saturated carbocycles. The van der Waals surface area contributed by atoms with Crippen molar-refractivity contribution >= 4 is 0 Å². The molecule has 0 bridgehead atoms. The molecule has 0 aromatic heterocycles. The summed E-state index contributed by atoms with van der Waals surface area (Å²) in [6.07, 6.45) is 1.15. The standard InChI is InChI=1S/C20H23NO3/c1-14-3-2-4-15(9-14)18-7-8-21-11-16(18)12-22-17-5-6-19-20(10-17)24-13-23-19/h2-6,9-10,16,18,21H,7-8,11-13H2,1H3/t16-,18-/m1/s1. The van der Waals surface area contributed by atoms with Crippen molar-refractivity contribution in [1.29, 1.82) is 0 Å². The lowest BCUT2D eigenvalue weighted by atomic mass is 9.81. The summed E-state index contributed by atoms with van der Waals surface area (Å²) in [5.74, 6) is 3.41. The van der Waals surface area contributed by atoms with Crippen LogP contribution in [0.15, 0.2) is 42.5 Å². The third-order valence-corrected chi connectivity index (χ3v) is 4.89. The first-order valence-electron chi connectivity index (χ1n) is 8.59. The summed E-state index contributed by atoms with van der Waals surface area (Å²) in [7, 11) is 0. The highest BCUT2D eigenvalue weighted by Crippen LogP contribution is 2.36. The van der Waals surface area contributed by atoms with E-state index in [1.54, 1.807) is 0 Å². The fourth-order valence-electron chi connectivity index (χ4n) is 3.61. The minimum atomic E-state index is 0.292. The maximum absolute atomic E-state index is 6.08. The van der Waals surface area contributed by atoms with E-state index >= 15 is 0 Å². The van der Waals surface area contributed by atoms with Gasteiger partial charge in [0.15, 0.2) is 11.5 Å². The van der Waals surface area contributed by atoms with Crippen molar-refractivity contribution in [2.24, 2.45) is 5.92 Å².